The molecule has 0 N–H and O–H groups in total. The van der Waals surface area contributed by atoms with Crippen molar-refractivity contribution in [3.05, 3.63) is 10.9 Å². The number of piperidine rings is 1. The van der Waals surface area contributed by atoms with Gasteiger partial charge in [-0.3, -0.25) is 4.79 Å². The molecule has 0 bridgehead atoms. The standard InChI is InChI=1S/C16H21N3O3S2/c1-18(2)16-17-13-11(24-16)8-12(23-13)14(20)19-5-3-4-10(9-19)15-21-6-7-22-15/h8,10,15H,3-7,9H2,1-2H3. The quantitative estimate of drug-likeness (QED) is 0.835. The number of hydrogen-bond donors (Lipinski definition) is 0. The number of hydrogen-bond acceptors (Lipinski definition) is 7. The molecule has 2 saturated heterocycles. The first-order valence-electron chi connectivity index (χ1n) is 8.22. The molecule has 4 rings (SSSR count). The predicted octanol–water partition coefficient (Wildman–Crippen LogP) is 2.65. The molecule has 2 aliphatic rings. The topological polar surface area (TPSA) is 54.9 Å². The number of likely N-dealkylation sites (tertiary alicyclic amines) is 1. The lowest BCUT2D eigenvalue weighted by Crippen LogP contribution is -2.43. The minimum atomic E-state index is -0.142. The summed E-state index contributed by atoms with van der Waals surface area (Å²) in [4.78, 5) is 23.1. The fraction of sp³-hybridized carbons (Fsp3) is 0.625. The van der Waals surface area contributed by atoms with Crippen LogP contribution in [0, 0.1) is 5.92 Å². The third-order valence-corrected chi connectivity index (χ3v) is 6.77. The van der Waals surface area contributed by atoms with E-state index in [1.165, 1.54) is 11.3 Å². The number of rotatable bonds is 3. The summed E-state index contributed by atoms with van der Waals surface area (Å²) in [6.07, 6.45) is 1.92. The van der Waals surface area contributed by atoms with E-state index in [9.17, 15) is 4.79 Å². The Morgan fingerprint density at radius 3 is 2.83 bits per heavy atom. The lowest BCUT2D eigenvalue weighted by Gasteiger charge is -2.34. The van der Waals surface area contributed by atoms with E-state index in [1.807, 2.05) is 30.0 Å². The first-order chi connectivity index (χ1) is 11.6. The molecule has 6 nitrogen and oxygen atoms in total. The molecule has 8 heteroatoms. The highest BCUT2D eigenvalue weighted by atomic mass is 32.1. The molecule has 130 valence electrons. The van der Waals surface area contributed by atoms with Crippen LogP contribution in [0.15, 0.2) is 6.07 Å². The summed E-state index contributed by atoms with van der Waals surface area (Å²) in [5.74, 6) is 0.393. The van der Waals surface area contributed by atoms with E-state index in [4.69, 9.17) is 9.47 Å². The predicted molar refractivity (Wildman–Crippen MR) is 96.1 cm³/mol. The number of anilines is 1. The van der Waals surface area contributed by atoms with Gasteiger partial charge in [0.15, 0.2) is 11.4 Å². The molecule has 1 amide bonds. The van der Waals surface area contributed by atoms with E-state index in [0.29, 0.717) is 19.8 Å². The summed E-state index contributed by atoms with van der Waals surface area (Å²) in [6, 6.07) is 1.99. The summed E-state index contributed by atoms with van der Waals surface area (Å²) < 4.78 is 12.3. The van der Waals surface area contributed by atoms with Crippen LogP contribution in [0.2, 0.25) is 0 Å². The molecule has 24 heavy (non-hydrogen) atoms. The molecule has 1 unspecified atom stereocenters. The van der Waals surface area contributed by atoms with Gasteiger partial charge in [0.25, 0.3) is 5.91 Å². The van der Waals surface area contributed by atoms with Gasteiger partial charge < -0.3 is 19.3 Å². The van der Waals surface area contributed by atoms with Gasteiger partial charge in [0.1, 0.15) is 4.83 Å². The fourth-order valence-electron chi connectivity index (χ4n) is 3.24. The van der Waals surface area contributed by atoms with Crippen LogP contribution < -0.4 is 4.90 Å². The Labute approximate surface area is 149 Å². The van der Waals surface area contributed by atoms with E-state index in [0.717, 1.165) is 38.9 Å². The lowest BCUT2D eigenvalue weighted by molar-refractivity contribution is -0.0968. The molecule has 2 aromatic heterocycles. The number of amides is 1. The van der Waals surface area contributed by atoms with Gasteiger partial charge in [-0.15, -0.1) is 11.3 Å². The largest absolute Gasteiger partial charge is 0.354 e. The Bertz CT molecular complexity index is 705. The molecule has 0 radical (unpaired) electrons. The summed E-state index contributed by atoms with van der Waals surface area (Å²) in [5.41, 5.74) is 0. The van der Waals surface area contributed by atoms with E-state index >= 15 is 0 Å². The summed E-state index contributed by atoms with van der Waals surface area (Å²) >= 11 is 3.12. The third-order valence-electron chi connectivity index (χ3n) is 4.45. The Morgan fingerprint density at radius 2 is 2.12 bits per heavy atom. The molecule has 4 heterocycles. The van der Waals surface area contributed by atoms with Gasteiger partial charge in [-0.25, -0.2) is 4.98 Å². The van der Waals surface area contributed by atoms with Crippen molar-refractivity contribution in [3.8, 4) is 0 Å². The third kappa shape index (κ3) is 3.03. The van der Waals surface area contributed by atoms with Crippen molar-refractivity contribution in [1.82, 2.24) is 9.88 Å². The second kappa shape index (κ2) is 6.59. The Morgan fingerprint density at radius 1 is 1.33 bits per heavy atom. The lowest BCUT2D eigenvalue weighted by atomic mass is 9.97. The number of nitrogens with zero attached hydrogens (tertiary/aromatic N) is 3. The van der Waals surface area contributed by atoms with Crippen LogP contribution in [0.3, 0.4) is 0 Å². The maximum Gasteiger partial charge on any atom is 0.264 e. The van der Waals surface area contributed by atoms with Crippen LogP contribution in [0.4, 0.5) is 5.13 Å². The van der Waals surface area contributed by atoms with Crippen LogP contribution in [0.1, 0.15) is 22.5 Å². The second-order valence-corrected chi connectivity index (χ2v) is 8.47. The van der Waals surface area contributed by atoms with Crippen molar-refractivity contribution in [2.45, 2.75) is 19.1 Å². The summed E-state index contributed by atoms with van der Waals surface area (Å²) in [5, 5.41) is 0.976. The monoisotopic (exact) mass is 367 g/mol. The first-order valence-corrected chi connectivity index (χ1v) is 9.85. The number of ether oxygens (including phenoxy) is 2. The zero-order valence-electron chi connectivity index (χ0n) is 13.9. The average molecular weight is 367 g/mol. The van der Waals surface area contributed by atoms with Crippen molar-refractivity contribution in [2.75, 3.05) is 45.3 Å². The molecule has 0 aromatic carbocycles. The van der Waals surface area contributed by atoms with Gasteiger partial charge in [-0.1, -0.05) is 11.3 Å². The van der Waals surface area contributed by atoms with Crippen molar-refractivity contribution in [3.63, 3.8) is 0 Å². The van der Waals surface area contributed by atoms with Gasteiger partial charge >= 0.3 is 0 Å². The molecule has 2 aliphatic heterocycles. The molecule has 0 aliphatic carbocycles. The number of aromatic nitrogens is 1. The number of thiazole rings is 1. The minimum Gasteiger partial charge on any atom is -0.354 e. The normalized spacial score (nSPS) is 22.4. The van der Waals surface area contributed by atoms with Gasteiger partial charge in [0, 0.05) is 33.1 Å². The van der Waals surface area contributed by atoms with Gasteiger partial charge in [0.05, 0.1) is 22.8 Å². The van der Waals surface area contributed by atoms with E-state index in [-0.39, 0.29) is 18.1 Å². The Kier molecular flexibility index (Phi) is 4.46. The highest BCUT2D eigenvalue weighted by Crippen LogP contribution is 2.35. The summed E-state index contributed by atoms with van der Waals surface area (Å²) in [6.45, 7) is 2.85. The van der Waals surface area contributed by atoms with Gasteiger partial charge in [-0.05, 0) is 18.9 Å². The number of thiophene rings is 1. The van der Waals surface area contributed by atoms with Crippen LogP contribution in [0.25, 0.3) is 9.53 Å². The van der Waals surface area contributed by atoms with Crippen LogP contribution >= 0.6 is 22.7 Å². The Hall–Kier alpha value is -1.22. The zero-order valence-corrected chi connectivity index (χ0v) is 15.5. The molecule has 2 fully saturated rings. The van der Waals surface area contributed by atoms with Gasteiger partial charge in [-0.2, -0.15) is 0 Å². The van der Waals surface area contributed by atoms with E-state index in [1.54, 1.807) is 11.3 Å². The minimum absolute atomic E-state index is 0.110. The highest BCUT2D eigenvalue weighted by molar-refractivity contribution is 7.29. The second-order valence-electron chi connectivity index (χ2n) is 6.43. The van der Waals surface area contributed by atoms with Crippen molar-refractivity contribution in [1.29, 1.82) is 0 Å². The molecular weight excluding hydrogens is 346 g/mol. The van der Waals surface area contributed by atoms with Crippen LogP contribution in [-0.2, 0) is 9.47 Å². The Balaban J connectivity index is 1.49. The van der Waals surface area contributed by atoms with Gasteiger partial charge in [0.2, 0.25) is 0 Å². The molecule has 0 saturated carbocycles. The smallest absolute Gasteiger partial charge is 0.264 e. The molecule has 2 aromatic rings. The molecule has 0 spiro atoms. The van der Waals surface area contributed by atoms with E-state index < -0.39 is 0 Å². The van der Waals surface area contributed by atoms with E-state index in [2.05, 4.69) is 4.98 Å². The molecular formula is C16H21N3O3S2. The van der Waals surface area contributed by atoms with Crippen LogP contribution in [0.5, 0.6) is 0 Å². The maximum absolute atomic E-state index is 12.9. The highest BCUT2D eigenvalue weighted by Gasteiger charge is 2.33. The summed E-state index contributed by atoms with van der Waals surface area (Å²) in [7, 11) is 3.96. The number of carbonyl (C=O) groups is 1. The van der Waals surface area contributed by atoms with Crippen molar-refractivity contribution in [2.24, 2.45) is 5.92 Å². The fourth-order valence-corrected chi connectivity index (χ4v) is 5.34. The first kappa shape index (κ1) is 16.3. The van der Waals surface area contributed by atoms with Crippen molar-refractivity contribution < 1.29 is 14.3 Å². The maximum atomic E-state index is 12.9. The van der Waals surface area contributed by atoms with Crippen LogP contribution in [-0.4, -0.2) is 62.5 Å². The zero-order chi connectivity index (χ0) is 16.7. The van der Waals surface area contributed by atoms with Crippen molar-refractivity contribution >= 4 is 43.2 Å². The molecule has 1 atom stereocenters. The number of carbonyl (C=O) groups excluding carboxylic acids is 1. The number of fused-ring (bicyclic) bond motifs is 1. The SMILES string of the molecule is CN(C)c1nc2sc(C(=O)N3CCCC(C4OCCO4)C3)cc2s1. The average Bonchev–Trinajstić information content (AvgIpc) is 3.29.